The quantitative estimate of drug-likeness (QED) is 0.496. The summed E-state index contributed by atoms with van der Waals surface area (Å²) in [6.07, 6.45) is 0. The van der Waals surface area contributed by atoms with Gasteiger partial charge in [-0.25, -0.2) is 9.18 Å². The van der Waals surface area contributed by atoms with E-state index in [1.165, 1.54) is 24.3 Å². The van der Waals surface area contributed by atoms with Gasteiger partial charge in [0.15, 0.2) is 0 Å². The van der Waals surface area contributed by atoms with Gasteiger partial charge in [-0.15, -0.1) is 0 Å². The lowest BCUT2D eigenvalue weighted by molar-refractivity contribution is 0.0941. The van der Waals surface area contributed by atoms with Crippen LogP contribution in [0.1, 0.15) is 27.2 Å². The fourth-order valence-electron chi connectivity index (χ4n) is 3.40. The van der Waals surface area contributed by atoms with Gasteiger partial charge in [-0.2, -0.15) is 9.78 Å². The number of hydrogen-bond acceptors (Lipinski definition) is 4. The molecule has 1 heterocycles. The average molecular weight is 444 g/mol. The van der Waals surface area contributed by atoms with E-state index in [9.17, 15) is 18.8 Å². The minimum absolute atomic E-state index is 0.0397. The monoisotopic (exact) mass is 444 g/mol. The largest absolute Gasteiger partial charge is 0.352 e. The Morgan fingerprint density at radius 2 is 1.64 bits per heavy atom. The van der Waals surface area contributed by atoms with Gasteiger partial charge in [0.25, 0.3) is 11.5 Å². The third-order valence-electron chi connectivity index (χ3n) is 5.07. The molecule has 1 amide bonds. The predicted molar refractivity (Wildman–Crippen MR) is 122 cm³/mol. The van der Waals surface area contributed by atoms with Crippen LogP contribution in [-0.4, -0.2) is 20.3 Å². The maximum Gasteiger partial charge on any atom is 0.352 e. The molecular weight excluding hydrogens is 423 g/mol. The molecule has 166 valence electrons. The van der Waals surface area contributed by atoms with Crippen LogP contribution < -0.4 is 16.6 Å². The highest BCUT2D eigenvalue weighted by Gasteiger charge is 2.20. The molecule has 0 saturated heterocycles. The summed E-state index contributed by atoms with van der Waals surface area (Å²) < 4.78 is 15.3. The molecule has 0 radical (unpaired) electrons. The zero-order valence-corrected chi connectivity index (χ0v) is 17.9. The molecule has 0 aliphatic carbocycles. The van der Waals surface area contributed by atoms with E-state index in [-0.39, 0.29) is 18.8 Å². The fraction of sp³-hybridized carbons (Fsp3) is 0.120. The molecule has 0 saturated carbocycles. The molecule has 0 bridgehead atoms. The molecular formula is C25H21FN4O3. The highest BCUT2D eigenvalue weighted by Crippen LogP contribution is 2.07. The molecule has 0 aliphatic rings. The minimum Gasteiger partial charge on any atom is -0.346 e. The van der Waals surface area contributed by atoms with E-state index in [0.717, 1.165) is 25.9 Å². The number of benzene rings is 3. The van der Waals surface area contributed by atoms with Crippen LogP contribution in [0, 0.1) is 12.7 Å². The molecule has 0 aliphatic heterocycles. The topological polar surface area (TPSA) is 86.0 Å². The number of carbonyl (C=O) groups excluding carboxylic acids is 1. The van der Waals surface area contributed by atoms with Gasteiger partial charge in [-0.05, 0) is 42.3 Å². The first-order chi connectivity index (χ1) is 15.9. The zero-order valence-electron chi connectivity index (χ0n) is 17.9. The SMILES string of the molecule is Cc1cccc(Cn2c(=O)c(C(=O)NCc3ccccc3)nn(-c3ccc(F)cc3)c2=O)c1. The van der Waals surface area contributed by atoms with Crippen LogP contribution in [0.3, 0.4) is 0 Å². The smallest absolute Gasteiger partial charge is 0.346 e. The van der Waals surface area contributed by atoms with Gasteiger partial charge in [0, 0.05) is 6.54 Å². The van der Waals surface area contributed by atoms with Crippen LogP contribution in [0.2, 0.25) is 0 Å². The van der Waals surface area contributed by atoms with Crippen LogP contribution in [0.25, 0.3) is 5.69 Å². The van der Waals surface area contributed by atoms with E-state index in [1.54, 1.807) is 6.07 Å². The van der Waals surface area contributed by atoms with Crippen LogP contribution in [0.15, 0.2) is 88.5 Å². The van der Waals surface area contributed by atoms with Crippen LogP contribution in [0.5, 0.6) is 0 Å². The average Bonchev–Trinajstić information content (AvgIpc) is 2.82. The van der Waals surface area contributed by atoms with Gasteiger partial charge in [0.2, 0.25) is 5.69 Å². The first kappa shape index (κ1) is 21.9. The fourth-order valence-corrected chi connectivity index (χ4v) is 3.40. The Hall–Kier alpha value is -4.33. The van der Waals surface area contributed by atoms with E-state index in [1.807, 2.05) is 55.5 Å². The molecule has 7 nitrogen and oxygen atoms in total. The van der Waals surface area contributed by atoms with E-state index in [0.29, 0.717) is 0 Å². The second-order valence-corrected chi connectivity index (χ2v) is 7.57. The Morgan fingerprint density at radius 3 is 2.33 bits per heavy atom. The van der Waals surface area contributed by atoms with E-state index < -0.39 is 28.7 Å². The van der Waals surface area contributed by atoms with Crippen molar-refractivity contribution in [1.82, 2.24) is 19.7 Å². The summed E-state index contributed by atoms with van der Waals surface area (Å²) in [4.78, 5) is 39.2. The summed E-state index contributed by atoms with van der Waals surface area (Å²) in [6.45, 7) is 2.05. The van der Waals surface area contributed by atoms with Gasteiger partial charge in [-0.3, -0.25) is 14.2 Å². The van der Waals surface area contributed by atoms with E-state index >= 15 is 0 Å². The van der Waals surface area contributed by atoms with Crippen LogP contribution in [-0.2, 0) is 13.1 Å². The molecule has 1 aromatic heterocycles. The third-order valence-corrected chi connectivity index (χ3v) is 5.07. The van der Waals surface area contributed by atoms with Crippen LogP contribution in [0.4, 0.5) is 4.39 Å². The van der Waals surface area contributed by atoms with Gasteiger partial charge >= 0.3 is 5.69 Å². The number of nitrogens with zero attached hydrogens (tertiary/aromatic N) is 3. The summed E-state index contributed by atoms with van der Waals surface area (Å²) in [5.41, 5.74) is 0.811. The van der Waals surface area contributed by atoms with Crippen molar-refractivity contribution in [3.8, 4) is 5.69 Å². The molecule has 0 atom stereocenters. The van der Waals surface area contributed by atoms with Gasteiger partial charge < -0.3 is 5.32 Å². The number of amides is 1. The number of carbonyl (C=O) groups is 1. The Labute approximate surface area is 188 Å². The van der Waals surface area contributed by atoms with Crippen LogP contribution >= 0.6 is 0 Å². The number of hydrogen-bond donors (Lipinski definition) is 1. The highest BCUT2D eigenvalue weighted by molar-refractivity contribution is 5.91. The lowest BCUT2D eigenvalue weighted by Gasteiger charge is -2.13. The number of halogens is 1. The molecule has 33 heavy (non-hydrogen) atoms. The molecule has 3 aromatic carbocycles. The van der Waals surface area contributed by atoms with Crippen molar-refractivity contribution in [2.24, 2.45) is 0 Å². The van der Waals surface area contributed by atoms with Crippen molar-refractivity contribution in [3.05, 3.63) is 128 Å². The van der Waals surface area contributed by atoms with Gasteiger partial charge in [0.05, 0.1) is 12.2 Å². The normalized spacial score (nSPS) is 10.7. The molecule has 4 aromatic rings. The lowest BCUT2D eigenvalue weighted by atomic mass is 10.1. The number of aryl methyl sites for hydroxylation is 1. The lowest BCUT2D eigenvalue weighted by Crippen LogP contribution is -2.46. The molecule has 0 spiro atoms. The van der Waals surface area contributed by atoms with Gasteiger partial charge in [0.1, 0.15) is 5.82 Å². The Bertz CT molecular complexity index is 1410. The van der Waals surface area contributed by atoms with Crippen molar-refractivity contribution in [2.75, 3.05) is 0 Å². The molecule has 0 fully saturated rings. The Balaban J connectivity index is 1.78. The molecule has 4 rings (SSSR count). The van der Waals surface area contributed by atoms with Crippen molar-refractivity contribution in [2.45, 2.75) is 20.0 Å². The summed E-state index contributed by atoms with van der Waals surface area (Å²) in [6, 6.07) is 21.6. The Morgan fingerprint density at radius 1 is 0.939 bits per heavy atom. The van der Waals surface area contributed by atoms with Crippen molar-refractivity contribution < 1.29 is 9.18 Å². The van der Waals surface area contributed by atoms with Crippen molar-refractivity contribution in [3.63, 3.8) is 0 Å². The first-order valence-corrected chi connectivity index (χ1v) is 10.3. The first-order valence-electron chi connectivity index (χ1n) is 10.3. The number of rotatable bonds is 6. The van der Waals surface area contributed by atoms with Crippen molar-refractivity contribution in [1.29, 1.82) is 0 Å². The summed E-state index contributed by atoms with van der Waals surface area (Å²) in [7, 11) is 0. The number of aromatic nitrogens is 3. The standard InChI is InChI=1S/C25H21FN4O3/c1-17-6-5-9-19(14-17)16-29-24(32)22(23(31)27-15-18-7-3-2-4-8-18)28-30(25(29)33)21-12-10-20(26)11-13-21/h2-14H,15-16H2,1H3,(H,27,31). The van der Waals surface area contributed by atoms with E-state index in [4.69, 9.17) is 0 Å². The summed E-state index contributed by atoms with van der Waals surface area (Å²) in [5, 5.41) is 6.71. The van der Waals surface area contributed by atoms with E-state index in [2.05, 4.69) is 10.4 Å². The summed E-state index contributed by atoms with van der Waals surface area (Å²) in [5.74, 6) is -1.20. The van der Waals surface area contributed by atoms with Gasteiger partial charge in [-0.1, -0.05) is 60.2 Å². The Kier molecular flexibility index (Phi) is 6.26. The molecule has 0 unspecified atom stereocenters. The molecule has 1 N–H and O–H groups in total. The number of nitrogens with one attached hydrogen (secondary N) is 1. The molecule has 8 heteroatoms. The second-order valence-electron chi connectivity index (χ2n) is 7.57. The maximum absolute atomic E-state index is 13.4. The third kappa shape index (κ3) is 4.95. The predicted octanol–water partition coefficient (Wildman–Crippen LogP) is 2.82. The maximum atomic E-state index is 13.4. The highest BCUT2D eigenvalue weighted by atomic mass is 19.1. The minimum atomic E-state index is -0.801. The second kappa shape index (κ2) is 9.44. The zero-order chi connectivity index (χ0) is 23.4. The van der Waals surface area contributed by atoms with Crippen molar-refractivity contribution >= 4 is 5.91 Å². The summed E-state index contributed by atoms with van der Waals surface area (Å²) >= 11 is 0.